The van der Waals surface area contributed by atoms with Crippen LogP contribution in [0.4, 0.5) is 19.0 Å². The summed E-state index contributed by atoms with van der Waals surface area (Å²) in [6.07, 6.45) is -3.89. The second kappa shape index (κ2) is 6.81. The van der Waals surface area contributed by atoms with Crippen molar-refractivity contribution >= 4 is 11.6 Å². The summed E-state index contributed by atoms with van der Waals surface area (Å²) in [6, 6.07) is 8.52. The molecule has 0 amide bonds. The highest BCUT2D eigenvalue weighted by Gasteiger charge is 2.37. The minimum atomic E-state index is -4.65. The van der Waals surface area contributed by atoms with E-state index in [1.807, 2.05) is 11.8 Å². The number of benzene rings is 1. The van der Waals surface area contributed by atoms with E-state index in [4.69, 9.17) is 0 Å². The number of hydrogen-bond acceptors (Lipinski definition) is 5. The van der Waals surface area contributed by atoms with Crippen molar-refractivity contribution in [2.45, 2.75) is 33.0 Å². The van der Waals surface area contributed by atoms with Crippen molar-refractivity contribution in [2.75, 3.05) is 11.4 Å². The van der Waals surface area contributed by atoms with E-state index in [9.17, 15) is 18.3 Å². The summed E-state index contributed by atoms with van der Waals surface area (Å²) in [5.41, 5.74) is 1.20. The number of nitrogens with zero attached hydrogens (tertiary/aromatic N) is 5. The second-order valence-corrected chi connectivity index (χ2v) is 5.95. The van der Waals surface area contributed by atoms with Gasteiger partial charge >= 0.3 is 6.18 Å². The highest BCUT2D eigenvalue weighted by atomic mass is 19.4. The van der Waals surface area contributed by atoms with Crippen molar-refractivity contribution in [1.29, 1.82) is 0 Å². The molecule has 9 heteroatoms. The number of aromatic nitrogens is 4. The summed E-state index contributed by atoms with van der Waals surface area (Å²) >= 11 is 0. The molecule has 0 unspecified atom stereocenters. The van der Waals surface area contributed by atoms with E-state index in [2.05, 4.69) is 15.1 Å². The van der Waals surface area contributed by atoms with Crippen LogP contribution in [-0.2, 0) is 12.7 Å². The minimum Gasteiger partial charge on any atom is -0.508 e. The lowest BCUT2D eigenvalue weighted by Gasteiger charge is -2.25. The third-order valence-electron chi connectivity index (χ3n) is 3.85. The number of halogens is 3. The van der Waals surface area contributed by atoms with Crippen LogP contribution in [0.5, 0.6) is 5.75 Å². The van der Waals surface area contributed by atoms with Crippen LogP contribution in [0, 0.1) is 6.92 Å². The zero-order valence-corrected chi connectivity index (χ0v) is 14.3. The molecule has 26 heavy (non-hydrogen) atoms. The molecular formula is C17H18F3N5O. The number of phenolic OH excluding ortho intramolecular Hbond substituents is 1. The van der Waals surface area contributed by atoms with Crippen LogP contribution in [0.15, 0.2) is 30.3 Å². The monoisotopic (exact) mass is 365 g/mol. The smallest absolute Gasteiger partial charge is 0.453 e. The Morgan fingerprint density at radius 1 is 1.19 bits per heavy atom. The van der Waals surface area contributed by atoms with Gasteiger partial charge in [-0.15, -0.1) is 5.10 Å². The first-order valence-corrected chi connectivity index (χ1v) is 8.13. The van der Waals surface area contributed by atoms with E-state index in [0.29, 0.717) is 30.2 Å². The lowest BCUT2D eigenvalue weighted by Crippen LogP contribution is -2.26. The van der Waals surface area contributed by atoms with Gasteiger partial charge in [-0.25, -0.2) is 4.98 Å². The number of rotatable bonds is 5. The van der Waals surface area contributed by atoms with E-state index in [1.165, 1.54) is 0 Å². The molecule has 0 aliphatic carbocycles. The Bertz CT molecular complexity index is 922. The number of para-hydroxylation sites is 1. The average molecular weight is 365 g/mol. The van der Waals surface area contributed by atoms with Gasteiger partial charge in [0.2, 0.25) is 0 Å². The average Bonchev–Trinajstić information content (AvgIpc) is 3.00. The van der Waals surface area contributed by atoms with Gasteiger partial charge in [0.05, 0.1) is 0 Å². The standard InChI is InChI=1S/C17H18F3N5O/c1-3-8-24(10-12-6-4-5-7-13(12)26)14-9-11(2)21-16-22-15(17(18,19)20)23-25(14)16/h4-7,9,26H,3,8,10H2,1-2H3. The summed E-state index contributed by atoms with van der Waals surface area (Å²) in [4.78, 5) is 9.42. The topological polar surface area (TPSA) is 66.5 Å². The van der Waals surface area contributed by atoms with E-state index in [0.717, 1.165) is 10.9 Å². The van der Waals surface area contributed by atoms with E-state index < -0.39 is 12.0 Å². The number of phenols is 1. The van der Waals surface area contributed by atoms with E-state index >= 15 is 0 Å². The van der Waals surface area contributed by atoms with Gasteiger partial charge in [0.1, 0.15) is 11.6 Å². The molecule has 1 N–H and O–H groups in total. The molecule has 0 radical (unpaired) electrons. The summed E-state index contributed by atoms with van der Waals surface area (Å²) in [5.74, 6) is -0.757. The number of aromatic hydroxyl groups is 1. The largest absolute Gasteiger partial charge is 0.508 e. The molecular weight excluding hydrogens is 347 g/mol. The van der Waals surface area contributed by atoms with Crippen molar-refractivity contribution in [3.8, 4) is 5.75 Å². The maximum absolute atomic E-state index is 13.0. The SMILES string of the molecule is CCCN(Cc1ccccc1O)c1cc(C)nc2nc(C(F)(F)F)nn12. The van der Waals surface area contributed by atoms with Crippen LogP contribution in [-0.4, -0.2) is 31.2 Å². The Labute approximate surface area is 147 Å². The van der Waals surface area contributed by atoms with Crippen molar-refractivity contribution in [3.63, 3.8) is 0 Å². The van der Waals surface area contributed by atoms with Gasteiger partial charge in [-0.05, 0) is 19.4 Å². The zero-order valence-electron chi connectivity index (χ0n) is 14.3. The molecule has 0 saturated carbocycles. The number of alkyl halides is 3. The Hall–Kier alpha value is -2.84. The molecule has 138 valence electrons. The zero-order chi connectivity index (χ0) is 18.9. The fourth-order valence-corrected chi connectivity index (χ4v) is 2.71. The fraction of sp³-hybridized carbons (Fsp3) is 0.353. The Balaban J connectivity index is 2.10. The third kappa shape index (κ3) is 3.56. The molecule has 0 spiro atoms. The Kier molecular flexibility index (Phi) is 4.71. The van der Waals surface area contributed by atoms with E-state index in [1.54, 1.807) is 37.3 Å². The highest BCUT2D eigenvalue weighted by molar-refractivity contribution is 5.49. The van der Waals surface area contributed by atoms with Gasteiger partial charge in [-0.2, -0.15) is 22.7 Å². The van der Waals surface area contributed by atoms with Crippen LogP contribution in [0.1, 0.15) is 30.4 Å². The van der Waals surface area contributed by atoms with Crippen molar-refractivity contribution in [3.05, 3.63) is 47.4 Å². The second-order valence-electron chi connectivity index (χ2n) is 5.95. The first kappa shape index (κ1) is 18.0. The van der Waals surface area contributed by atoms with Gasteiger partial charge in [0.15, 0.2) is 0 Å². The van der Waals surface area contributed by atoms with Gasteiger partial charge in [0.25, 0.3) is 11.6 Å². The summed E-state index contributed by atoms with van der Waals surface area (Å²) in [6.45, 7) is 4.54. The molecule has 0 fully saturated rings. The number of aryl methyl sites for hydroxylation is 1. The third-order valence-corrected chi connectivity index (χ3v) is 3.85. The van der Waals surface area contributed by atoms with Crippen LogP contribution >= 0.6 is 0 Å². The first-order valence-electron chi connectivity index (χ1n) is 8.13. The highest BCUT2D eigenvalue weighted by Crippen LogP contribution is 2.28. The molecule has 6 nitrogen and oxygen atoms in total. The predicted octanol–water partition coefficient (Wildman–Crippen LogP) is 3.57. The molecule has 1 aromatic carbocycles. The maximum Gasteiger partial charge on any atom is 0.453 e. The minimum absolute atomic E-state index is 0.106. The van der Waals surface area contributed by atoms with Crippen LogP contribution < -0.4 is 4.90 Å². The predicted molar refractivity (Wildman–Crippen MR) is 90.0 cm³/mol. The molecule has 3 aromatic rings. The van der Waals surface area contributed by atoms with Gasteiger partial charge in [0, 0.05) is 30.4 Å². The van der Waals surface area contributed by atoms with Crippen LogP contribution in [0.3, 0.4) is 0 Å². The molecule has 0 aliphatic rings. The van der Waals surface area contributed by atoms with Crippen molar-refractivity contribution < 1.29 is 18.3 Å². The van der Waals surface area contributed by atoms with Gasteiger partial charge < -0.3 is 10.0 Å². The summed E-state index contributed by atoms with van der Waals surface area (Å²) in [7, 11) is 0. The van der Waals surface area contributed by atoms with E-state index in [-0.39, 0.29) is 11.5 Å². The summed E-state index contributed by atoms with van der Waals surface area (Å²) < 4.78 is 40.1. The van der Waals surface area contributed by atoms with Crippen LogP contribution in [0.2, 0.25) is 0 Å². The lowest BCUT2D eigenvalue weighted by molar-refractivity contribution is -0.144. The van der Waals surface area contributed by atoms with Gasteiger partial charge in [-0.3, -0.25) is 0 Å². The lowest BCUT2D eigenvalue weighted by atomic mass is 10.2. The van der Waals surface area contributed by atoms with Gasteiger partial charge in [-0.1, -0.05) is 25.1 Å². The molecule has 2 aromatic heterocycles. The molecule has 0 atom stereocenters. The number of fused-ring (bicyclic) bond motifs is 1. The first-order chi connectivity index (χ1) is 12.3. The van der Waals surface area contributed by atoms with Crippen LogP contribution in [0.25, 0.3) is 5.78 Å². The quantitative estimate of drug-likeness (QED) is 0.749. The molecule has 0 saturated heterocycles. The van der Waals surface area contributed by atoms with Crippen molar-refractivity contribution in [1.82, 2.24) is 19.6 Å². The Morgan fingerprint density at radius 2 is 1.92 bits per heavy atom. The van der Waals surface area contributed by atoms with Crippen molar-refractivity contribution in [2.24, 2.45) is 0 Å². The Morgan fingerprint density at radius 3 is 2.58 bits per heavy atom. The fourth-order valence-electron chi connectivity index (χ4n) is 2.71. The molecule has 3 rings (SSSR count). The molecule has 0 bridgehead atoms. The number of hydrogen-bond donors (Lipinski definition) is 1. The number of anilines is 1. The summed E-state index contributed by atoms with van der Waals surface area (Å²) in [5, 5.41) is 13.6. The molecule has 2 heterocycles. The molecule has 0 aliphatic heterocycles. The maximum atomic E-state index is 13.0. The normalized spacial score (nSPS) is 11.9.